The van der Waals surface area contributed by atoms with Gasteiger partial charge in [-0.25, -0.2) is 0 Å². The first-order valence-electron chi connectivity index (χ1n) is 9.87. The number of nitrogens with zero attached hydrogens (tertiary/aromatic N) is 3. The molecule has 1 aliphatic rings. The second kappa shape index (κ2) is 12.9. The van der Waals surface area contributed by atoms with Crippen LogP contribution in [-0.4, -0.2) is 75.2 Å². The third-order valence-corrected chi connectivity index (χ3v) is 5.20. The summed E-state index contributed by atoms with van der Waals surface area (Å²) in [6.07, 6.45) is 4.50. The fraction of sp³-hybridized carbons (Fsp3) is 0.650. The molecular weight excluding hydrogens is 342 g/mol. The molecule has 1 heterocycles. The zero-order valence-electron chi connectivity index (χ0n) is 16.4. The normalized spacial score (nSPS) is 15.9. The van der Waals surface area contributed by atoms with E-state index in [2.05, 4.69) is 68.9 Å². The minimum atomic E-state index is 0.901. The van der Waals surface area contributed by atoms with Crippen molar-refractivity contribution in [3.63, 3.8) is 0 Å². The molecule has 5 nitrogen and oxygen atoms in total. The lowest BCUT2D eigenvalue weighted by molar-refractivity contribution is 0.253. The summed E-state index contributed by atoms with van der Waals surface area (Å²) in [5.41, 5.74) is 1.35. The van der Waals surface area contributed by atoms with E-state index in [9.17, 15) is 0 Å². The van der Waals surface area contributed by atoms with Crippen LogP contribution in [0.25, 0.3) is 0 Å². The molecule has 0 saturated carbocycles. The molecule has 0 aliphatic carbocycles. The average Bonchev–Trinajstić information content (AvgIpc) is 2.69. The highest BCUT2D eigenvalue weighted by molar-refractivity contribution is 7.98. The molecule has 1 saturated heterocycles. The van der Waals surface area contributed by atoms with Gasteiger partial charge in [-0.3, -0.25) is 9.89 Å². The summed E-state index contributed by atoms with van der Waals surface area (Å²) >= 11 is 1.85. The van der Waals surface area contributed by atoms with Crippen molar-refractivity contribution in [2.75, 3.05) is 69.3 Å². The van der Waals surface area contributed by atoms with Crippen LogP contribution in [0.1, 0.15) is 19.8 Å². The van der Waals surface area contributed by atoms with Crippen LogP contribution < -0.4 is 15.5 Å². The Morgan fingerprint density at radius 3 is 2.54 bits per heavy atom. The molecule has 6 heteroatoms. The van der Waals surface area contributed by atoms with Crippen molar-refractivity contribution in [2.45, 2.75) is 19.8 Å². The summed E-state index contributed by atoms with van der Waals surface area (Å²) in [5, 5.41) is 6.70. The maximum absolute atomic E-state index is 4.68. The van der Waals surface area contributed by atoms with Crippen LogP contribution in [0, 0.1) is 0 Å². The Morgan fingerprint density at radius 1 is 1.08 bits per heavy atom. The highest BCUT2D eigenvalue weighted by atomic mass is 32.2. The molecule has 1 aromatic rings. The molecular formula is C20H35N5S. The number of para-hydroxylation sites is 1. The van der Waals surface area contributed by atoms with Crippen molar-refractivity contribution >= 4 is 23.4 Å². The lowest BCUT2D eigenvalue weighted by Gasteiger charge is -2.36. The molecule has 0 bridgehead atoms. The maximum atomic E-state index is 4.68. The van der Waals surface area contributed by atoms with Crippen molar-refractivity contribution in [3.05, 3.63) is 30.3 Å². The number of hydrogen-bond donors (Lipinski definition) is 2. The molecule has 1 fully saturated rings. The molecule has 1 aromatic carbocycles. The van der Waals surface area contributed by atoms with Gasteiger partial charge in [-0.2, -0.15) is 11.8 Å². The maximum Gasteiger partial charge on any atom is 0.191 e. The Labute approximate surface area is 163 Å². The minimum Gasteiger partial charge on any atom is -0.369 e. The monoisotopic (exact) mass is 377 g/mol. The van der Waals surface area contributed by atoms with E-state index in [1.54, 1.807) is 0 Å². The smallest absolute Gasteiger partial charge is 0.191 e. The van der Waals surface area contributed by atoms with Gasteiger partial charge < -0.3 is 15.5 Å². The largest absolute Gasteiger partial charge is 0.369 e. The van der Waals surface area contributed by atoms with Crippen LogP contribution in [0.3, 0.4) is 0 Å². The standard InChI is InChI=1S/C20H35N5S/c1-3-21-20(23-12-18-26-2)22-11-7-8-13-24-14-16-25(17-15-24)19-9-5-4-6-10-19/h4-6,9-10H,3,7-8,11-18H2,1-2H3,(H2,21,22,23). The Balaban J connectivity index is 1.59. The summed E-state index contributed by atoms with van der Waals surface area (Å²) in [7, 11) is 0. The number of benzene rings is 1. The fourth-order valence-corrected chi connectivity index (χ4v) is 3.43. The van der Waals surface area contributed by atoms with Gasteiger partial charge in [0.05, 0.1) is 0 Å². The molecule has 2 rings (SSSR count). The van der Waals surface area contributed by atoms with Gasteiger partial charge >= 0.3 is 0 Å². The summed E-state index contributed by atoms with van der Waals surface area (Å²) in [5.74, 6) is 2.07. The molecule has 0 amide bonds. The Kier molecular flexibility index (Phi) is 10.4. The van der Waals surface area contributed by atoms with Crippen LogP contribution in [0.15, 0.2) is 35.3 Å². The Bertz CT molecular complexity index is 500. The molecule has 0 atom stereocenters. The van der Waals surface area contributed by atoms with E-state index in [-0.39, 0.29) is 0 Å². The van der Waals surface area contributed by atoms with Crippen LogP contribution >= 0.6 is 11.8 Å². The van der Waals surface area contributed by atoms with Crippen LogP contribution in [0.4, 0.5) is 5.69 Å². The van der Waals surface area contributed by atoms with E-state index in [0.29, 0.717) is 0 Å². The number of piperazine rings is 1. The second-order valence-electron chi connectivity index (χ2n) is 6.55. The molecule has 0 radical (unpaired) electrons. The van der Waals surface area contributed by atoms with E-state index in [1.807, 2.05) is 11.8 Å². The summed E-state index contributed by atoms with van der Waals surface area (Å²) < 4.78 is 0. The molecule has 0 aromatic heterocycles. The minimum absolute atomic E-state index is 0.901. The first kappa shape index (κ1) is 20.9. The third kappa shape index (κ3) is 7.87. The molecule has 2 N–H and O–H groups in total. The van der Waals surface area contributed by atoms with Gasteiger partial charge in [0.1, 0.15) is 0 Å². The fourth-order valence-electron chi connectivity index (χ4n) is 3.12. The third-order valence-electron chi connectivity index (χ3n) is 4.59. The lowest BCUT2D eigenvalue weighted by Crippen LogP contribution is -2.46. The molecule has 0 spiro atoms. The van der Waals surface area contributed by atoms with Gasteiger partial charge in [0, 0.05) is 57.3 Å². The van der Waals surface area contributed by atoms with E-state index in [4.69, 9.17) is 0 Å². The predicted octanol–water partition coefficient (Wildman–Crippen LogP) is 2.51. The van der Waals surface area contributed by atoms with Crippen LogP contribution in [-0.2, 0) is 0 Å². The average molecular weight is 378 g/mol. The van der Waals surface area contributed by atoms with E-state index < -0.39 is 0 Å². The number of rotatable bonds is 10. The Hall–Kier alpha value is -1.40. The van der Waals surface area contributed by atoms with E-state index in [1.165, 1.54) is 18.7 Å². The second-order valence-corrected chi connectivity index (χ2v) is 7.54. The zero-order chi connectivity index (χ0) is 18.5. The number of unbranched alkanes of at least 4 members (excludes halogenated alkanes) is 1. The predicted molar refractivity (Wildman–Crippen MR) is 117 cm³/mol. The van der Waals surface area contributed by atoms with Crippen molar-refractivity contribution < 1.29 is 0 Å². The highest BCUT2D eigenvalue weighted by Crippen LogP contribution is 2.15. The van der Waals surface area contributed by atoms with Gasteiger partial charge in [-0.15, -0.1) is 0 Å². The van der Waals surface area contributed by atoms with E-state index >= 15 is 0 Å². The van der Waals surface area contributed by atoms with Gasteiger partial charge in [0.2, 0.25) is 0 Å². The lowest BCUT2D eigenvalue weighted by atomic mass is 10.2. The summed E-state index contributed by atoms with van der Waals surface area (Å²) in [6, 6.07) is 10.8. The van der Waals surface area contributed by atoms with Gasteiger partial charge in [-0.1, -0.05) is 18.2 Å². The van der Waals surface area contributed by atoms with Crippen LogP contribution in [0.2, 0.25) is 0 Å². The molecule has 0 unspecified atom stereocenters. The number of hydrogen-bond acceptors (Lipinski definition) is 4. The molecule has 26 heavy (non-hydrogen) atoms. The van der Waals surface area contributed by atoms with E-state index in [0.717, 1.165) is 63.9 Å². The Morgan fingerprint density at radius 2 is 1.85 bits per heavy atom. The molecule has 1 aliphatic heterocycles. The van der Waals surface area contributed by atoms with Crippen molar-refractivity contribution in [1.29, 1.82) is 0 Å². The summed E-state index contributed by atoms with van der Waals surface area (Å²) in [4.78, 5) is 9.76. The number of guanidine groups is 1. The number of anilines is 1. The SMILES string of the molecule is CCNC(=NCCCCN1CCN(c2ccccc2)CC1)NCCSC. The number of thioether (sulfide) groups is 1. The first-order valence-corrected chi connectivity index (χ1v) is 11.3. The van der Waals surface area contributed by atoms with Crippen molar-refractivity contribution in [2.24, 2.45) is 4.99 Å². The van der Waals surface area contributed by atoms with Crippen molar-refractivity contribution in [1.82, 2.24) is 15.5 Å². The topological polar surface area (TPSA) is 42.9 Å². The number of aliphatic imine (C=N–C) groups is 1. The summed E-state index contributed by atoms with van der Waals surface area (Å²) in [6.45, 7) is 10.7. The van der Waals surface area contributed by atoms with Gasteiger partial charge in [0.25, 0.3) is 0 Å². The molecule has 146 valence electrons. The first-order chi connectivity index (χ1) is 12.8. The van der Waals surface area contributed by atoms with Gasteiger partial charge in [0.15, 0.2) is 5.96 Å². The van der Waals surface area contributed by atoms with Crippen LogP contribution in [0.5, 0.6) is 0 Å². The number of nitrogens with one attached hydrogen (secondary N) is 2. The highest BCUT2D eigenvalue weighted by Gasteiger charge is 2.16. The van der Waals surface area contributed by atoms with Crippen molar-refractivity contribution in [3.8, 4) is 0 Å². The zero-order valence-corrected chi connectivity index (χ0v) is 17.2. The van der Waals surface area contributed by atoms with Gasteiger partial charge in [-0.05, 0) is 44.7 Å². The quantitative estimate of drug-likeness (QED) is 0.373.